The highest BCUT2D eigenvalue weighted by Crippen LogP contribution is 2.15. The monoisotopic (exact) mass is 283 g/mol. The number of hydrogen-bond donors (Lipinski definition) is 1. The highest BCUT2D eigenvalue weighted by Gasteiger charge is 2.03. The van der Waals surface area contributed by atoms with Gasteiger partial charge in [-0.1, -0.05) is 24.0 Å². The maximum absolute atomic E-state index is 12.7. The van der Waals surface area contributed by atoms with Gasteiger partial charge >= 0.3 is 0 Å². The molecular weight excluding hydrogens is 269 g/mol. The van der Waals surface area contributed by atoms with Gasteiger partial charge < -0.3 is 10.1 Å². The van der Waals surface area contributed by atoms with Gasteiger partial charge in [0.15, 0.2) is 0 Å². The van der Waals surface area contributed by atoms with Gasteiger partial charge in [-0.05, 0) is 36.4 Å². The van der Waals surface area contributed by atoms with E-state index in [4.69, 9.17) is 4.74 Å². The number of hydrogen-bond acceptors (Lipinski definition) is 2. The molecule has 21 heavy (non-hydrogen) atoms. The van der Waals surface area contributed by atoms with Crippen molar-refractivity contribution in [1.82, 2.24) is 5.32 Å². The van der Waals surface area contributed by atoms with Crippen LogP contribution in [-0.4, -0.2) is 19.6 Å². The molecule has 0 saturated heterocycles. The van der Waals surface area contributed by atoms with Gasteiger partial charge in [-0.25, -0.2) is 4.39 Å². The van der Waals surface area contributed by atoms with Crippen LogP contribution in [0.4, 0.5) is 4.39 Å². The molecule has 0 atom stereocenters. The zero-order valence-electron chi connectivity index (χ0n) is 11.5. The number of nitrogens with one attached hydrogen (secondary N) is 1. The highest BCUT2D eigenvalue weighted by molar-refractivity contribution is 5.94. The van der Waals surface area contributed by atoms with E-state index in [0.717, 1.165) is 5.56 Å². The summed E-state index contributed by atoms with van der Waals surface area (Å²) in [5.41, 5.74) is 1.16. The van der Waals surface area contributed by atoms with E-state index in [2.05, 4.69) is 17.2 Å². The minimum absolute atomic E-state index is 0.203. The van der Waals surface area contributed by atoms with Crippen LogP contribution in [0.25, 0.3) is 0 Å². The maximum Gasteiger partial charge on any atom is 0.252 e. The Kier molecular flexibility index (Phi) is 4.94. The second-order valence-corrected chi connectivity index (χ2v) is 4.19. The lowest BCUT2D eigenvalue weighted by Crippen LogP contribution is -2.23. The van der Waals surface area contributed by atoms with E-state index >= 15 is 0 Å². The maximum atomic E-state index is 12.7. The Morgan fingerprint density at radius 1 is 1.19 bits per heavy atom. The summed E-state index contributed by atoms with van der Waals surface area (Å²) in [7, 11) is 1.58. The van der Waals surface area contributed by atoms with Crippen molar-refractivity contribution in [2.75, 3.05) is 13.7 Å². The van der Waals surface area contributed by atoms with E-state index in [1.165, 1.54) is 24.3 Å². The topological polar surface area (TPSA) is 38.3 Å². The van der Waals surface area contributed by atoms with Gasteiger partial charge in [0, 0.05) is 5.56 Å². The molecule has 0 bridgehead atoms. The highest BCUT2D eigenvalue weighted by atomic mass is 19.1. The van der Waals surface area contributed by atoms with Gasteiger partial charge in [-0.3, -0.25) is 4.79 Å². The molecule has 0 aliphatic carbocycles. The Morgan fingerprint density at radius 3 is 2.62 bits per heavy atom. The van der Waals surface area contributed by atoms with Crippen molar-refractivity contribution in [2.24, 2.45) is 0 Å². The summed E-state index contributed by atoms with van der Waals surface area (Å²) >= 11 is 0. The number of benzene rings is 2. The van der Waals surface area contributed by atoms with Crippen LogP contribution in [0.2, 0.25) is 0 Å². The third-order valence-corrected chi connectivity index (χ3v) is 2.77. The van der Waals surface area contributed by atoms with Crippen molar-refractivity contribution in [1.29, 1.82) is 0 Å². The number of ether oxygens (including phenoxy) is 1. The predicted molar refractivity (Wildman–Crippen MR) is 78.6 cm³/mol. The molecule has 2 rings (SSSR count). The lowest BCUT2D eigenvalue weighted by Gasteiger charge is -2.02. The molecule has 0 unspecified atom stereocenters. The lowest BCUT2D eigenvalue weighted by atomic mass is 10.2. The Bertz CT molecular complexity index is 684. The normalized spacial score (nSPS) is 9.43. The second kappa shape index (κ2) is 7.11. The molecule has 2 aromatic carbocycles. The van der Waals surface area contributed by atoms with E-state index in [1.807, 2.05) is 24.3 Å². The number of amides is 1. The second-order valence-electron chi connectivity index (χ2n) is 4.19. The van der Waals surface area contributed by atoms with Crippen molar-refractivity contribution >= 4 is 5.91 Å². The van der Waals surface area contributed by atoms with E-state index in [-0.39, 0.29) is 18.3 Å². The summed E-state index contributed by atoms with van der Waals surface area (Å²) in [4.78, 5) is 11.8. The standard InChI is InChI=1S/C17H14FNO2/c1-21-16-7-3-2-5-13(16)6-4-12-19-17(20)14-8-10-15(18)11-9-14/h2-3,5,7-11H,12H2,1H3,(H,19,20). The fourth-order valence-electron chi connectivity index (χ4n) is 1.72. The van der Waals surface area contributed by atoms with Crippen LogP contribution in [0, 0.1) is 17.7 Å². The molecule has 4 heteroatoms. The number of halogens is 1. The van der Waals surface area contributed by atoms with E-state index in [1.54, 1.807) is 7.11 Å². The first-order chi connectivity index (χ1) is 10.2. The number of methoxy groups -OCH3 is 1. The van der Waals surface area contributed by atoms with Gasteiger partial charge in [-0.15, -0.1) is 0 Å². The van der Waals surface area contributed by atoms with Crippen molar-refractivity contribution < 1.29 is 13.9 Å². The largest absolute Gasteiger partial charge is 0.495 e. The van der Waals surface area contributed by atoms with E-state index in [0.29, 0.717) is 11.3 Å². The summed E-state index contributed by atoms with van der Waals surface area (Å²) in [6, 6.07) is 12.7. The van der Waals surface area contributed by atoms with Crippen LogP contribution in [0.1, 0.15) is 15.9 Å². The van der Waals surface area contributed by atoms with Gasteiger partial charge in [0.05, 0.1) is 19.2 Å². The summed E-state index contributed by atoms with van der Waals surface area (Å²) < 4.78 is 17.9. The SMILES string of the molecule is COc1ccccc1C#CCNC(=O)c1ccc(F)cc1. The predicted octanol–water partition coefficient (Wildman–Crippen LogP) is 2.62. The molecule has 0 aliphatic rings. The van der Waals surface area contributed by atoms with Crippen molar-refractivity contribution in [2.45, 2.75) is 0 Å². The Labute approximate surface area is 122 Å². The molecule has 2 aromatic rings. The fraction of sp³-hybridized carbons (Fsp3) is 0.118. The van der Waals surface area contributed by atoms with Gasteiger partial charge in [0.2, 0.25) is 0 Å². The van der Waals surface area contributed by atoms with Crippen LogP contribution < -0.4 is 10.1 Å². The van der Waals surface area contributed by atoms with E-state index < -0.39 is 0 Å². The van der Waals surface area contributed by atoms with Crippen LogP contribution in [0.5, 0.6) is 5.75 Å². The third-order valence-electron chi connectivity index (χ3n) is 2.77. The summed E-state index contributed by atoms with van der Waals surface area (Å²) in [6.07, 6.45) is 0. The third kappa shape index (κ3) is 4.08. The minimum atomic E-state index is -0.373. The van der Waals surface area contributed by atoms with Crippen LogP contribution in [0.3, 0.4) is 0 Å². The van der Waals surface area contributed by atoms with Gasteiger partial charge in [-0.2, -0.15) is 0 Å². The first-order valence-corrected chi connectivity index (χ1v) is 6.36. The number of carbonyl (C=O) groups is 1. The van der Waals surface area contributed by atoms with Crippen molar-refractivity contribution in [3.63, 3.8) is 0 Å². The lowest BCUT2D eigenvalue weighted by molar-refractivity contribution is 0.0958. The molecule has 0 spiro atoms. The molecule has 0 saturated carbocycles. The molecule has 0 fully saturated rings. The molecule has 3 nitrogen and oxygen atoms in total. The molecule has 106 valence electrons. The van der Waals surface area contributed by atoms with Crippen LogP contribution >= 0.6 is 0 Å². The smallest absolute Gasteiger partial charge is 0.252 e. The fourth-order valence-corrected chi connectivity index (χ4v) is 1.72. The number of para-hydroxylation sites is 1. The quantitative estimate of drug-likeness (QED) is 0.879. The summed E-state index contributed by atoms with van der Waals surface area (Å²) in [5.74, 6) is 5.81. The average molecular weight is 283 g/mol. The first-order valence-electron chi connectivity index (χ1n) is 6.36. The Morgan fingerprint density at radius 2 is 1.90 bits per heavy atom. The molecule has 0 heterocycles. The van der Waals surface area contributed by atoms with Crippen molar-refractivity contribution in [3.05, 3.63) is 65.5 Å². The number of carbonyl (C=O) groups excluding carboxylic acids is 1. The van der Waals surface area contributed by atoms with Gasteiger partial charge in [0.25, 0.3) is 5.91 Å². The summed E-state index contributed by atoms with van der Waals surface area (Å²) in [5, 5.41) is 2.65. The van der Waals surface area contributed by atoms with Crippen LogP contribution in [0.15, 0.2) is 48.5 Å². The van der Waals surface area contributed by atoms with Crippen LogP contribution in [-0.2, 0) is 0 Å². The molecule has 0 aliphatic heterocycles. The molecule has 1 N–H and O–H groups in total. The molecule has 0 radical (unpaired) electrons. The summed E-state index contributed by atoms with van der Waals surface area (Å²) in [6.45, 7) is 0.203. The Hall–Kier alpha value is -2.80. The average Bonchev–Trinajstić information content (AvgIpc) is 2.52. The van der Waals surface area contributed by atoms with Gasteiger partial charge in [0.1, 0.15) is 11.6 Å². The zero-order valence-corrected chi connectivity index (χ0v) is 11.5. The molecule has 1 amide bonds. The molecular formula is C17H14FNO2. The number of rotatable bonds is 3. The Balaban J connectivity index is 1.94. The first kappa shape index (κ1) is 14.6. The van der Waals surface area contributed by atoms with Crippen molar-refractivity contribution in [3.8, 4) is 17.6 Å². The minimum Gasteiger partial charge on any atom is -0.495 e. The van der Waals surface area contributed by atoms with E-state index in [9.17, 15) is 9.18 Å². The zero-order chi connectivity index (χ0) is 15.1. The molecule has 0 aromatic heterocycles.